The SMILES string of the molecule is CCC1c2cc(Cl)cc(Cl)c2CCN1C(=O)C1(n2cc(-c3cc(OC)ccc3C)nn2)CCN(C(=O)OC(C)(C)C)CC1. The van der Waals surface area contributed by atoms with Crippen molar-refractivity contribution >= 4 is 35.2 Å². The Morgan fingerprint density at radius 1 is 1.09 bits per heavy atom. The molecule has 2 aromatic carbocycles. The van der Waals surface area contributed by atoms with Gasteiger partial charge in [-0.15, -0.1) is 5.10 Å². The maximum atomic E-state index is 14.9. The van der Waals surface area contributed by atoms with Gasteiger partial charge in [-0.1, -0.05) is 41.4 Å². The van der Waals surface area contributed by atoms with Crippen LogP contribution < -0.4 is 4.74 Å². The Hall–Kier alpha value is -3.30. The van der Waals surface area contributed by atoms with E-state index in [9.17, 15) is 9.59 Å². The smallest absolute Gasteiger partial charge is 0.410 e. The number of likely N-dealkylation sites (tertiary alicyclic amines) is 1. The Bertz CT molecular complexity index is 1520. The zero-order valence-corrected chi connectivity index (χ0v) is 27.1. The molecule has 0 saturated carbocycles. The summed E-state index contributed by atoms with van der Waals surface area (Å²) in [4.78, 5) is 31.4. The number of benzene rings is 2. The van der Waals surface area contributed by atoms with Crippen LogP contribution in [0.2, 0.25) is 10.0 Å². The van der Waals surface area contributed by atoms with Gasteiger partial charge in [-0.3, -0.25) is 4.79 Å². The van der Waals surface area contributed by atoms with Crippen LogP contribution in [-0.2, 0) is 21.5 Å². The zero-order chi connectivity index (χ0) is 31.1. The molecule has 2 aliphatic heterocycles. The highest BCUT2D eigenvalue weighted by Crippen LogP contribution is 2.42. The Labute approximate surface area is 263 Å². The lowest BCUT2D eigenvalue weighted by atomic mass is 9.83. The fourth-order valence-electron chi connectivity index (χ4n) is 6.22. The highest BCUT2D eigenvalue weighted by atomic mass is 35.5. The number of fused-ring (bicyclic) bond motifs is 1. The van der Waals surface area contributed by atoms with Gasteiger partial charge in [-0.2, -0.15) is 0 Å². The van der Waals surface area contributed by atoms with Crippen molar-refractivity contribution in [3.05, 3.63) is 63.3 Å². The van der Waals surface area contributed by atoms with Crippen molar-refractivity contribution in [2.45, 2.75) is 77.5 Å². The third-order valence-electron chi connectivity index (χ3n) is 8.47. The predicted octanol–water partition coefficient (Wildman–Crippen LogP) is 6.83. The first-order valence-corrected chi connectivity index (χ1v) is 15.5. The van der Waals surface area contributed by atoms with Crippen LogP contribution in [0, 0.1) is 6.92 Å². The summed E-state index contributed by atoms with van der Waals surface area (Å²) in [7, 11) is 1.62. The average Bonchev–Trinajstić information content (AvgIpc) is 3.46. The van der Waals surface area contributed by atoms with Crippen LogP contribution in [0.1, 0.15) is 69.7 Å². The highest BCUT2D eigenvalue weighted by Gasteiger charge is 2.49. The molecule has 3 aromatic rings. The number of aromatic nitrogens is 3. The van der Waals surface area contributed by atoms with Gasteiger partial charge >= 0.3 is 6.09 Å². The molecular formula is C32H39Cl2N5O4. The van der Waals surface area contributed by atoms with Gasteiger partial charge in [0.2, 0.25) is 0 Å². The molecule has 1 fully saturated rings. The summed E-state index contributed by atoms with van der Waals surface area (Å²) in [5.41, 5.74) is 2.88. The number of aryl methyl sites for hydroxylation is 1. The monoisotopic (exact) mass is 627 g/mol. The van der Waals surface area contributed by atoms with E-state index in [0.717, 1.165) is 22.3 Å². The molecule has 2 amide bonds. The molecule has 3 heterocycles. The Morgan fingerprint density at radius 2 is 1.81 bits per heavy atom. The molecule has 0 spiro atoms. The van der Waals surface area contributed by atoms with Gasteiger partial charge < -0.3 is 19.3 Å². The highest BCUT2D eigenvalue weighted by molar-refractivity contribution is 6.35. The number of methoxy groups -OCH3 is 1. The first-order chi connectivity index (χ1) is 20.4. The van der Waals surface area contributed by atoms with E-state index in [1.54, 1.807) is 22.8 Å². The molecule has 1 unspecified atom stereocenters. The quantitative estimate of drug-likeness (QED) is 0.308. The van der Waals surface area contributed by atoms with Gasteiger partial charge in [0.25, 0.3) is 5.91 Å². The molecule has 0 aliphatic carbocycles. The molecule has 0 bridgehead atoms. The molecule has 2 aliphatic rings. The lowest BCUT2D eigenvalue weighted by Gasteiger charge is -2.46. The molecular weight excluding hydrogens is 589 g/mol. The van der Waals surface area contributed by atoms with Gasteiger partial charge in [0, 0.05) is 35.2 Å². The lowest BCUT2D eigenvalue weighted by molar-refractivity contribution is -0.147. The molecule has 11 heteroatoms. The van der Waals surface area contributed by atoms with Crippen LogP contribution in [0.4, 0.5) is 4.79 Å². The second-order valence-electron chi connectivity index (χ2n) is 12.4. The van der Waals surface area contributed by atoms with E-state index in [0.29, 0.717) is 66.8 Å². The number of halogens is 2. The number of hydrogen-bond acceptors (Lipinski definition) is 6. The van der Waals surface area contributed by atoms with Crippen molar-refractivity contribution in [1.82, 2.24) is 24.8 Å². The van der Waals surface area contributed by atoms with E-state index in [4.69, 9.17) is 32.7 Å². The van der Waals surface area contributed by atoms with Crippen molar-refractivity contribution in [2.24, 2.45) is 0 Å². The van der Waals surface area contributed by atoms with Crippen LogP contribution in [0.5, 0.6) is 5.75 Å². The van der Waals surface area contributed by atoms with Gasteiger partial charge in [-0.25, -0.2) is 9.48 Å². The molecule has 0 N–H and O–H groups in total. The number of carbonyl (C=O) groups excluding carboxylic acids is 2. The van der Waals surface area contributed by atoms with E-state index >= 15 is 0 Å². The molecule has 1 atom stereocenters. The Kier molecular flexibility index (Phi) is 8.69. The maximum absolute atomic E-state index is 14.9. The minimum Gasteiger partial charge on any atom is -0.497 e. The maximum Gasteiger partial charge on any atom is 0.410 e. The van der Waals surface area contributed by atoms with E-state index in [-0.39, 0.29) is 18.0 Å². The molecule has 43 heavy (non-hydrogen) atoms. The fraction of sp³-hybridized carbons (Fsp3) is 0.500. The first-order valence-electron chi connectivity index (χ1n) is 14.7. The van der Waals surface area contributed by atoms with Gasteiger partial charge in [0.15, 0.2) is 0 Å². The molecule has 230 valence electrons. The van der Waals surface area contributed by atoms with Crippen molar-refractivity contribution in [3.8, 4) is 17.0 Å². The largest absolute Gasteiger partial charge is 0.497 e. The summed E-state index contributed by atoms with van der Waals surface area (Å²) in [6, 6.07) is 9.28. The number of hydrogen-bond donors (Lipinski definition) is 0. The fourth-order valence-corrected chi connectivity index (χ4v) is 6.82. The standard InChI is InChI=1S/C32H39Cl2N5O4/c1-7-28-25-16-21(33)17-26(34)23(25)10-13-38(28)29(40)32(11-14-37(15-12-32)30(41)43-31(3,4)5)39-19-27(35-36-39)24-18-22(42-6)9-8-20(24)2/h8-9,16-19,28H,7,10-15H2,1-6H3. The molecule has 1 saturated heterocycles. The molecule has 9 nitrogen and oxygen atoms in total. The van der Waals surface area contributed by atoms with Gasteiger partial charge in [-0.05, 0) is 94.3 Å². The van der Waals surface area contributed by atoms with Gasteiger partial charge in [0.1, 0.15) is 22.6 Å². The summed E-state index contributed by atoms with van der Waals surface area (Å²) in [6.07, 6.45) is 3.50. The first kappa shape index (κ1) is 31.1. The summed E-state index contributed by atoms with van der Waals surface area (Å²) in [6.45, 7) is 10.8. The minimum absolute atomic E-state index is 0.0521. The topological polar surface area (TPSA) is 89.8 Å². The van der Waals surface area contributed by atoms with Gasteiger partial charge in [0.05, 0.1) is 19.3 Å². The third kappa shape index (κ3) is 6.07. The van der Waals surface area contributed by atoms with E-state index in [1.165, 1.54) is 0 Å². The van der Waals surface area contributed by atoms with E-state index in [1.807, 2.05) is 63.1 Å². The number of ether oxygens (including phenoxy) is 2. The van der Waals surface area contributed by atoms with Crippen molar-refractivity contribution < 1.29 is 19.1 Å². The average molecular weight is 629 g/mol. The zero-order valence-electron chi connectivity index (χ0n) is 25.6. The Balaban J connectivity index is 1.53. The summed E-state index contributed by atoms with van der Waals surface area (Å²) >= 11 is 13.0. The molecule has 5 rings (SSSR count). The number of piperidine rings is 1. The number of carbonyl (C=O) groups is 2. The van der Waals surface area contributed by atoms with Crippen LogP contribution in [0.15, 0.2) is 36.5 Å². The van der Waals surface area contributed by atoms with E-state index < -0.39 is 11.1 Å². The second-order valence-corrected chi connectivity index (χ2v) is 13.2. The third-order valence-corrected chi connectivity index (χ3v) is 9.03. The summed E-state index contributed by atoms with van der Waals surface area (Å²) < 4.78 is 12.8. The van der Waals surface area contributed by atoms with Crippen LogP contribution in [0.25, 0.3) is 11.3 Å². The molecule has 1 aromatic heterocycles. The van der Waals surface area contributed by atoms with Crippen LogP contribution in [0.3, 0.4) is 0 Å². The minimum atomic E-state index is -1.05. The number of rotatable bonds is 5. The predicted molar refractivity (Wildman–Crippen MR) is 167 cm³/mol. The van der Waals surface area contributed by atoms with Crippen LogP contribution in [-0.4, -0.2) is 69.1 Å². The number of amides is 2. The Morgan fingerprint density at radius 3 is 2.47 bits per heavy atom. The van der Waals surface area contributed by atoms with Crippen LogP contribution >= 0.6 is 23.2 Å². The normalized spacial score (nSPS) is 18.3. The number of nitrogens with zero attached hydrogens (tertiary/aromatic N) is 5. The second kappa shape index (κ2) is 12.0. The summed E-state index contributed by atoms with van der Waals surface area (Å²) in [5.74, 6) is 0.658. The van der Waals surface area contributed by atoms with Crippen molar-refractivity contribution in [1.29, 1.82) is 0 Å². The molecule has 0 radical (unpaired) electrons. The van der Waals surface area contributed by atoms with E-state index in [2.05, 4.69) is 17.2 Å². The van der Waals surface area contributed by atoms with Crippen molar-refractivity contribution in [2.75, 3.05) is 26.7 Å². The summed E-state index contributed by atoms with van der Waals surface area (Å²) in [5, 5.41) is 10.2. The van der Waals surface area contributed by atoms with Crippen molar-refractivity contribution in [3.63, 3.8) is 0 Å². The lowest BCUT2D eigenvalue weighted by Crippen LogP contribution is -2.58.